The van der Waals surface area contributed by atoms with Crippen LogP contribution < -0.4 is 5.49 Å². The van der Waals surface area contributed by atoms with Gasteiger partial charge in [0.05, 0.1) is 11.3 Å². The molecule has 1 aromatic heterocycles. The molecular weight excluding hydrogens is 281 g/mol. The summed E-state index contributed by atoms with van der Waals surface area (Å²) in [6, 6.07) is 7.70. The van der Waals surface area contributed by atoms with Gasteiger partial charge in [0.2, 0.25) is 0 Å². The molecule has 2 aromatic rings. The summed E-state index contributed by atoms with van der Waals surface area (Å²) < 4.78 is 39.3. The molecule has 0 saturated carbocycles. The Morgan fingerprint density at radius 2 is 1.95 bits per heavy atom. The molecule has 7 heteroatoms. The monoisotopic (exact) mass is 294 g/mol. The Labute approximate surface area is 118 Å². The van der Waals surface area contributed by atoms with E-state index in [9.17, 15) is 13.2 Å². The Balaban J connectivity index is 2.53. The fourth-order valence-electron chi connectivity index (χ4n) is 1.79. The van der Waals surface area contributed by atoms with E-state index in [0.29, 0.717) is 12.0 Å². The largest absolute Gasteiger partial charge is 0.416 e. The Hall–Kier alpha value is -2.44. The lowest BCUT2D eigenvalue weighted by atomic mass is 10.1. The molecule has 0 spiro atoms. The van der Waals surface area contributed by atoms with Crippen molar-refractivity contribution in [1.29, 1.82) is 10.8 Å². The van der Waals surface area contributed by atoms with Crippen LogP contribution in [0.1, 0.15) is 18.9 Å². The summed E-state index contributed by atoms with van der Waals surface area (Å²) in [6.07, 6.45) is -4.05. The Morgan fingerprint density at radius 1 is 1.24 bits per heavy atom. The van der Waals surface area contributed by atoms with Crippen LogP contribution in [0.4, 0.5) is 13.2 Å². The minimum Gasteiger partial charge on any atom is -0.287 e. The van der Waals surface area contributed by atoms with Crippen molar-refractivity contribution in [3.05, 3.63) is 47.4 Å². The van der Waals surface area contributed by atoms with Crippen molar-refractivity contribution < 1.29 is 13.2 Å². The predicted octanol–water partition coefficient (Wildman–Crippen LogP) is 3.28. The van der Waals surface area contributed by atoms with Gasteiger partial charge in [-0.2, -0.15) is 18.3 Å². The van der Waals surface area contributed by atoms with E-state index in [1.165, 1.54) is 24.3 Å². The van der Waals surface area contributed by atoms with Crippen LogP contribution in [0.25, 0.3) is 11.3 Å². The van der Waals surface area contributed by atoms with E-state index in [4.69, 9.17) is 10.8 Å². The molecule has 2 N–H and O–H groups in total. The summed E-state index contributed by atoms with van der Waals surface area (Å²) in [6.45, 7) is 1.74. The third-order valence-electron chi connectivity index (χ3n) is 2.91. The highest BCUT2D eigenvalue weighted by Gasteiger charge is 2.30. The van der Waals surface area contributed by atoms with Crippen LogP contribution in [0, 0.1) is 10.8 Å². The van der Waals surface area contributed by atoms with E-state index in [2.05, 4.69) is 5.10 Å². The smallest absolute Gasteiger partial charge is 0.287 e. The second kappa shape index (κ2) is 5.51. The Bertz CT molecular complexity index is 731. The molecule has 0 amide bonds. The lowest BCUT2D eigenvalue weighted by Crippen LogP contribution is -2.28. The van der Waals surface area contributed by atoms with Gasteiger partial charge < -0.3 is 0 Å². The maximum atomic E-state index is 12.7. The van der Waals surface area contributed by atoms with Crippen molar-refractivity contribution in [3.8, 4) is 11.3 Å². The molecule has 0 aliphatic heterocycles. The Morgan fingerprint density at radius 3 is 2.57 bits per heavy atom. The molecule has 1 aromatic carbocycles. The number of rotatable bonds is 2. The quantitative estimate of drug-likeness (QED) is 0.648. The van der Waals surface area contributed by atoms with Gasteiger partial charge in [-0.25, -0.2) is 4.68 Å². The number of hydrogen-bond donors (Lipinski definition) is 2. The summed E-state index contributed by atoms with van der Waals surface area (Å²) >= 11 is 0. The maximum Gasteiger partial charge on any atom is 0.416 e. The molecule has 1 heterocycles. The highest BCUT2D eigenvalue weighted by Crippen LogP contribution is 2.31. The van der Waals surface area contributed by atoms with Gasteiger partial charge in [-0.3, -0.25) is 10.8 Å². The van der Waals surface area contributed by atoms with Gasteiger partial charge in [-0.05, 0) is 24.3 Å². The van der Waals surface area contributed by atoms with Gasteiger partial charge in [0, 0.05) is 12.0 Å². The molecule has 0 unspecified atom stereocenters. The second-order valence-electron chi connectivity index (χ2n) is 4.39. The minimum absolute atomic E-state index is 0.0116. The number of nitrogens with zero attached hydrogens (tertiary/aromatic N) is 2. The SMILES string of the molecule is CCC(=N)n1nc(-c2cccc(C(F)(F)F)c2)ccc1=N. The first-order valence-corrected chi connectivity index (χ1v) is 6.23. The van der Waals surface area contributed by atoms with Gasteiger partial charge in [0.1, 0.15) is 11.3 Å². The van der Waals surface area contributed by atoms with Crippen molar-refractivity contribution in [2.45, 2.75) is 19.5 Å². The summed E-state index contributed by atoms with van der Waals surface area (Å²) in [4.78, 5) is 0. The zero-order valence-electron chi connectivity index (χ0n) is 11.2. The summed E-state index contributed by atoms with van der Waals surface area (Å²) in [5.41, 5.74) is -0.163. The second-order valence-corrected chi connectivity index (χ2v) is 4.39. The van der Waals surface area contributed by atoms with E-state index >= 15 is 0 Å². The number of aromatic nitrogens is 2. The topological polar surface area (TPSA) is 65.5 Å². The molecule has 110 valence electrons. The molecule has 4 nitrogen and oxygen atoms in total. The van der Waals surface area contributed by atoms with Crippen LogP contribution in [-0.4, -0.2) is 15.6 Å². The van der Waals surface area contributed by atoms with Crippen LogP contribution in [0.2, 0.25) is 0 Å². The van der Waals surface area contributed by atoms with Crippen LogP contribution >= 0.6 is 0 Å². The van der Waals surface area contributed by atoms with Crippen LogP contribution in [0.3, 0.4) is 0 Å². The van der Waals surface area contributed by atoms with Crippen molar-refractivity contribution in [2.24, 2.45) is 0 Å². The average molecular weight is 294 g/mol. The molecule has 2 rings (SSSR count). The summed E-state index contributed by atoms with van der Waals surface area (Å²) in [5, 5.41) is 19.5. The van der Waals surface area contributed by atoms with Gasteiger partial charge >= 0.3 is 6.18 Å². The number of hydrogen-bond acceptors (Lipinski definition) is 3. The molecule has 0 saturated heterocycles. The van der Waals surface area contributed by atoms with Crippen molar-refractivity contribution >= 4 is 5.84 Å². The Kier molecular flexibility index (Phi) is 3.93. The molecule has 0 atom stereocenters. The maximum absolute atomic E-state index is 12.7. The lowest BCUT2D eigenvalue weighted by Gasteiger charge is -2.10. The average Bonchev–Trinajstić information content (AvgIpc) is 2.46. The highest BCUT2D eigenvalue weighted by atomic mass is 19.4. The number of nitrogens with one attached hydrogen (secondary N) is 2. The number of halogens is 3. The van der Waals surface area contributed by atoms with Crippen LogP contribution in [0.15, 0.2) is 36.4 Å². The highest BCUT2D eigenvalue weighted by molar-refractivity contribution is 5.80. The first-order valence-electron chi connectivity index (χ1n) is 6.23. The molecule has 0 bridgehead atoms. The summed E-state index contributed by atoms with van der Waals surface area (Å²) in [7, 11) is 0. The van der Waals surface area contributed by atoms with Crippen molar-refractivity contribution in [2.75, 3.05) is 0 Å². The van der Waals surface area contributed by atoms with E-state index < -0.39 is 11.7 Å². The third-order valence-corrected chi connectivity index (χ3v) is 2.91. The normalized spacial score (nSPS) is 11.4. The van der Waals surface area contributed by atoms with E-state index in [1.54, 1.807) is 6.92 Å². The van der Waals surface area contributed by atoms with Crippen LogP contribution in [0.5, 0.6) is 0 Å². The molecule has 0 aliphatic carbocycles. The minimum atomic E-state index is -4.42. The van der Waals surface area contributed by atoms with Gasteiger partial charge in [-0.1, -0.05) is 19.1 Å². The van der Waals surface area contributed by atoms with Crippen molar-refractivity contribution in [3.63, 3.8) is 0 Å². The van der Waals surface area contributed by atoms with Gasteiger partial charge in [0.25, 0.3) is 0 Å². The van der Waals surface area contributed by atoms with E-state index in [1.807, 2.05) is 0 Å². The fourth-order valence-corrected chi connectivity index (χ4v) is 1.79. The molecule has 0 fully saturated rings. The lowest BCUT2D eigenvalue weighted by molar-refractivity contribution is -0.137. The number of benzene rings is 1. The summed E-state index contributed by atoms with van der Waals surface area (Å²) in [5.74, 6) is 0.105. The predicted molar refractivity (Wildman–Crippen MR) is 71.9 cm³/mol. The van der Waals surface area contributed by atoms with Gasteiger partial charge in [-0.15, -0.1) is 0 Å². The molecule has 21 heavy (non-hydrogen) atoms. The molecule has 0 aliphatic rings. The fraction of sp³-hybridized carbons (Fsp3) is 0.214. The number of alkyl halides is 3. The van der Waals surface area contributed by atoms with Crippen molar-refractivity contribution in [1.82, 2.24) is 9.78 Å². The first-order chi connectivity index (χ1) is 9.82. The standard InChI is InChI=1S/C14H13F3N4/c1-2-12(18)21-13(19)7-6-11(20-21)9-4-3-5-10(8-9)14(15,16)17/h3-8,18-19H,2H2,1H3. The van der Waals surface area contributed by atoms with E-state index in [-0.39, 0.29) is 17.0 Å². The van der Waals surface area contributed by atoms with Gasteiger partial charge in [0.15, 0.2) is 0 Å². The third kappa shape index (κ3) is 3.18. The van der Waals surface area contributed by atoms with E-state index in [0.717, 1.165) is 16.8 Å². The zero-order valence-corrected chi connectivity index (χ0v) is 11.2. The van der Waals surface area contributed by atoms with Crippen LogP contribution in [-0.2, 0) is 6.18 Å². The molecule has 0 radical (unpaired) electrons. The first kappa shape index (κ1) is 15.0. The zero-order chi connectivity index (χ0) is 15.6. The molecular formula is C14H13F3N4.